The van der Waals surface area contributed by atoms with E-state index in [4.69, 9.17) is 10.1 Å². The van der Waals surface area contributed by atoms with Crippen LogP contribution in [0, 0.1) is 5.41 Å². The fourth-order valence-electron chi connectivity index (χ4n) is 4.14. The molecule has 0 unspecified atom stereocenters. The van der Waals surface area contributed by atoms with Crippen LogP contribution in [0.4, 0.5) is 0 Å². The van der Waals surface area contributed by atoms with E-state index < -0.39 is 17.8 Å². The highest BCUT2D eigenvalue weighted by Gasteiger charge is 2.30. The molecule has 0 spiro atoms. The SMILES string of the molecule is Br.CCOc1cc2c(cc1C(=O)NC)C(=N)N(CC(=O)c1cc(CC(=O)O)c(O)c(C(C)(C)C)c1)C2. The number of hydrogen-bond donors (Lipinski definition) is 4. The van der Waals surface area contributed by atoms with Gasteiger partial charge >= 0.3 is 5.97 Å². The molecule has 0 saturated heterocycles. The Morgan fingerprint density at radius 2 is 1.83 bits per heavy atom. The third-order valence-corrected chi connectivity index (χ3v) is 5.90. The van der Waals surface area contributed by atoms with Crippen LogP contribution in [0.2, 0.25) is 0 Å². The zero-order valence-electron chi connectivity index (χ0n) is 21.0. The zero-order chi connectivity index (χ0) is 26.1. The molecule has 1 aliphatic heterocycles. The van der Waals surface area contributed by atoms with E-state index in [1.165, 1.54) is 13.1 Å². The lowest BCUT2D eigenvalue weighted by Gasteiger charge is -2.23. The van der Waals surface area contributed by atoms with Gasteiger partial charge in [0.2, 0.25) is 0 Å². The molecule has 9 nitrogen and oxygen atoms in total. The van der Waals surface area contributed by atoms with E-state index in [9.17, 15) is 24.6 Å². The molecule has 0 saturated carbocycles. The number of benzene rings is 2. The second-order valence-electron chi connectivity index (χ2n) is 9.50. The van der Waals surface area contributed by atoms with Gasteiger partial charge in [-0.05, 0) is 42.2 Å². The number of phenolic OH excluding ortho intramolecular Hbond substituents is 1. The van der Waals surface area contributed by atoms with Crippen molar-refractivity contribution in [1.29, 1.82) is 5.41 Å². The first kappa shape index (κ1) is 28.8. The molecule has 4 N–H and O–H groups in total. The number of amidine groups is 1. The summed E-state index contributed by atoms with van der Waals surface area (Å²) >= 11 is 0. The fraction of sp³-hybridized carbons (Fsp3) is 0.385. The van der Waals surface area contributed by atoms with E-state index in [1.807, 2.05) is 27.7 Å². The number of carboxylic acid groups (broad SMARTS) is 1. The van der Waals surface area contributed by atoms with Crippen LogP contribution >= 0.6 is 17.0 Å². The average Bonchev–Trinajstić information content (AvgIpc) is 3.07. The first-order valence-electron chi connectivity index (χ1n) is 11.3. The smallest absolute Gasteiger partial charge is 0.307 e. The summed E-state index contributed by atoms with van der Waals surface area (Å²) in [6, 6.07) is 6.33. The second kappa shape index (κ2) is 11.1. The molecule has 1 heterocycles. The summed E-state index contributed by atoms with van der Waals surface area (Å²) in [6.45, 7) is 7.97. The summed E-state index contributed by atoms with van der Waals surface area (Å²) in [5.41, 5.74) is 2.04. The molecule has 36 heavy (non-hydrogen) atoms. The highest BCUT2D eigenvalue weighted by atomic mass is 79.9. The number of rotatable bonds is 8. The summed E-state index contributed by atoms with van der Waals surface area (Å²) in [4.78, 5) is 38.5. The standard InChI is InChI=1S/C26H31N3O6.BrH/c1-6-35-21-9-16-12-29(24(27)17(16)11-18(21)25(34)28-5)13-20(30)14-7-15(10-22(31)32)23(33)19(8-14)26(2,3)4;/h7-9,11,27,33H,6,10,12-13H2,1-5H3,(H,28,34)(H,31,32);1H. The number of fused-ring (bicyclic) bond motifs is 1. The Balaban J connectivity index is 0.00000456. The molecule has 0 fully saturated rings. The Hall–Kier alpha value is -3.40. The van der Waals surface area contributed by atoms with Crippen molar-refractivity contribution < 1.29 is 29.3 Å². The van der Waals surface area contributed by atoms with Crippen LogP contribution in [0.5, 0.6) is 11.5 Å². The lowest BCUT2D eigenvalue weighted by Crippen LogP contribution is -2.30. The molecule has 2 aromatic rings. The fourth-order valence-corrected chi connectivity index (χ4v) is 4.14. The number of aliphatic carboxylic acids is 1. The first-order valence-corrected chi connectivity index (χ1v) is 11.3. The van der Waals surface area contributed by atoms with E-state index in [1.54, 1.807) is 23.1 Å². The van der Waals surface area contributed by atoms with Crippen molar-refractivity contribution in [2.75, 3.05) is 20.2 Å². The topological polar surface area (TPSA) is 140 Å². The number of carbonyl (C=O) groups is 3. The molecule has 10 heteroatoms. The van der Waals surface area contributed by atoms with E-state index in [0.717, 1.165) is 5.56 Å². The number of hydrogen-bond acceptors (Lipinski definition) is 6. The maximum absolute atomic E-state index is 13.3. The number of amides is 1. The van der Waals surface area contributed by atoms with Gasteiger partial charge in [0, 0.05) is 35.8 Å². The number of Topliss-reactive ketones (excluding diaryl/α,β-unsaturated/α-hetero) is 1. The number of carbonyl (C=O) groups excluding carboxylic acids is 2. The van der Waals surface area contributed by atoms with Crippen LogP contribution < -0.4 is 10.1 Å². The number of nitrogens with one attached hydrogen (secondary N) is 2. The van der Waals surface area contributed by atoms with Crippen LogP contribution in [0.1, 0.15) is 70.7 Å². The number of carboxylic acids is 1. The Morgan fingerprint density at radius 3 is 2.39 bits per heavy atom. The lowest BCUT2D eigenvalue weighted by molar-refractivity contribution is -0.136. The van der Waals surface area contributed by atoms with Crippen molar-refractivity contribution in [3.05, 3.63) is 57.6 Å². The van der Waals surface area contributed by atoms with Crippen LogP contribution in [-0.4, -0.2) is 58.8 Å². The van der Waals surface area contributed by atoms with E-state index in [-0.39, 0.29) is 57.9 Å². The van der Waals surface area contributed by atoms with Gasteiger partial charge in [-0.1, -0.05) is 20.8 Å². The van der Waals surface area contributed by atoms with Crippen molar-refractivity contribution in [2.24, 2.45) is 0 Å². The second-order valence-corrected chi connectivity index (χ2v) is 9.50. The number of phenols is 1. The highest BCUT2D eigenvalue weighted by Crippen LogP contribution is 2.35. The van der Waals surface area contributed by atoms with Crippen LogP contribution in [0.3, 0.4) is 0 Å². The predicted octanol–water partition coefficient (Wildman–Crippen LogP) is 3.68. The predicted molar refractivity (Wildman–Crippen MR) is 141 cm³/mol. The van der Waals surface area contributed by atoms with Gasteiger partial charge in [0.25, 0.3) is 5.91 Å². The van der Waals surface area contributed by atoms with E-state index in [2.05, 4.69) is 5.32 Å². The van der Waals surface area contributed by atoms with Crippen molar-refractivity contribution in [3.8, 4) is 11.5 Å². The molecule has 0 aliphatic carbocycles. The maximum atomic E-state index is 13.3. The van der Waals surface area contributed by atoms with Gasteiger partial charge in [-0.25, -0.2) is 0 Å². The molecule has 194 valence electrons. The van der Waals surface area contributed by atoms with Gasteiger partial charge in [0.05, 0.1) is 25.1 Å². The number of ketones is 1. The minimum atomic E-state index is -1.11. The number of ether oxygens (including phenoxy) is 1. The van der Waals surface area contributed by atoms with E-state index in [0.29, 0.717) is 35.6 Å². The molecule has 1 amide bonds. The Kier molecular flexibility index (Phi) is 8.90. The maximum Gasteiger partial charge on any atom is 0.307 e. The van der Waals surface area contributed by atoms with Crippen molar-refractivity contribution >= 4 is 40.5 Å². The number of aromatic hydroxyl groups is 1. The van der Waals surface area contributed by atoms with Crippen molar-refractivity contribution in [1.82, 2.24) is 10.2 Å². The minimum Gasteiger partial charge on any atom is -0.507 e. The average molecular weight is 562 g/mol. The van der Waals surface area contributed by atoms with Gasteiger partial charge in [0.1, 0.15) is 17.3 Å². The third kappa shape index (κ3) is 5.87. The minimum absolute atomic E-state index is 0. The quantitative estimate of drug-likeness (QED) is 0.360. The van der Waals surface area contributed by atoms with Gasteiger partial charge < -0.3 is 25.2 Å². The number of halogens is 1. The van der Waals surface area contributed by atoms with Crippen molar-refractivity contribution in [2.45, 2.75) is 46.1 Å². The highest BCUT2D eigenvalue weighted by molar-refractivity contribution is 8.93. The molecule has 3 rings (SSSR count). The molecule has 0 aromatic heterocycles. The van der Waals surface area contributed by atoms with Crippen molar-refractivity contribution in [3.63, 3.8) is 0 Å². The third-order valence-electron chi connectivity index (χ3n) is 5.90. The van der Waals surface area contributed by atoms with Gasteiger partial charge in [-0.15, -0.1) is 17.0 Å². The molecular weight excluding hydrogens is 530 g/mol. The monoisotopic (exact) mass is 561 g/mol. The normalized spacial score (nSPS) is 12.6. The molecule has 0 bridgehead atoms. The van der Waals surface area contributed by atoms with Gasteiger partial charge in [-0.3, -0.25) is 19.8 Å². The summed E-state index contributed by atoms with van der Waals surface area (Å²) in [6.07, 6.45) is -0.413. The first-order chi connectivity index (χ1) is 16.4. The van der Waals surface area contributed by atoms with Crippen LogP contribution in [0.25, 0.3) is 0 Å². The van der Waals surface area contributed by atoms with Crippen LogP contribution in [0.15, 0.2) is 24.3 Å². The number of nitrogens with zero attached hydrogens (tertiary/aromatic N) is 1. The molecule has 1 aliphatic rings. The summed E-state index contributed by atoms with van der Waals surface area (Å²) < 4.78 is 5.62. The van der Waals surface area contributed by atoms with Gasteiger partial charge in [-0.2, -0.15) is 0 Å². The zero-order valence-corrected chi connectivity index (χ0v) is 22.7. The molecule has 2 aromatic carbocycles. The Labute approximate surface area is 220 Å². The summed E-state index contributed by atoms with van der Waals surface area (Å²) in [5, 5.41) is 31.0. The van der Waals surface area contributed by atoms with Crippen LogP contribution in [-0.2, 0) is 23.2 Å². The molecular formula is C26H32BrN3O6. The Bertz CT molecular complexity index is 1220. The summed E-state index contributed by atoms with van der Waals surface area (Å²) in [5.74, 6) is -1.35. The van der Waals surface area contributed by atoms with Gasteiger partial charge in [0.15, 0.2) is 5.78 Å². The largest absolute Gasteiger partial charge is 0.507 e. The molecule has 0 atom stereocenters. The Morgan fingerprint density at radius 1 is 1.17 bits per heavy atom. The lowest BCUT2D eigenvalue weighted by atomic mass is 9.83. The van der Waals surface area contributed by atoms with E-state index >= 15 is 0 Å². The summed E-state index contributed by atoms with van der Waals surface area (Å²) in [7, 11) is 1.52. The molecule has 0 radical (unpaired) electrons.